The molecule has 2 amide bonds. The van der Waals surface area contributed by atoms with Gasteiger partial charge in [-0.3, -0.25) is 0 Å². The molecule has 0 aliphatic heterocycles. The zero-order chi connectivity index (χ0) is 27.0. The van der Waals surface area contributed by atoms with E-state index in [9.17, 15) is 4.79 Å². The lowest BCUT2D eigenvalue weighted by Gasteiger charge is -2.15. The first-order valence-corrected chi connectivity index (χ1v) is 14.9. The molecule has 0 aliphatic rings. The summed E-state index contributed by atoms with van der Waals surface area (Å²) in [4.78, 5) is 14.1. The van der Waals surface area contributed by atoms with Gasteiger partial charge in [-0.2, -0.15) is 4.57 Å². The Morgan fingerprint density at radius 2 is 1.64 bits per heavy atom. The van der Waals surface area contributed by atoms with Gasteiger partial charge in [0.2, 0.25) is 5.51 Å². The molecule has 3 aromatic rings. The van der Waals surface area contributed by atoms with Crippen molar-refractivity contribution in [3.05, 3.63) is 64.6 Å². The maximum atomic E-state index is 12.8. The summed E-state index contributed by atoms with van der Waals surface area (Å²) in [5.74, 6) is 1.32. The van der Waals surface area contributed by atoms with Crippen LogP contribution in [0, 0.1) is 6.92 Å². The number of thiazole rings is 1. The molecule has 0 spiro atoms. The Morgan fingerprint density at radius 1 is 0.923 bits per heavy atom. The SMILES string of the molecule is CCCCCCCCCCCCOc1cc(OC)ccc1NC(=O)Nc1cccc(C[n+]2csc(C)c2)c1.[Br-]. The minimum atomic E-state index is -0.310. The lowest BCUT2D eigenvalue weighted by molar-refractivity contribution is -0.683. The number of aryl methyl sites for hydroxylation is 1. The van der Waals surface area contributed by atoms with E-state index in [1.165, 1.54) is 56.2 Å². The third-order valence-electron chi connectivity index (χ3n) is 6.46. The molecule has 0 radical (unpaired) electrons. The van der Waals surface area contributed by atoms with Crippen LogP contribution in [0.1, 0.15) is 81.6 Å². The van der Waals surface area contributed by atoms with Crippen LogP contribution in [0.4, 0.5) is 16.2 Å². The molecule has 214 valence electrons. The molecular weight excluding hydrogens is 574 g/mol. The third kappa shape index (κ3) is 12.4. The number of urea groups is 1. The van der Waals surface area contributed by atoms with E-state index in [0.29, 0.717) is 23.8 Å². The first-order valence-electron chi connectivity index (χ1n) is 14.0. The Kier molecular flexibility index (Phi) is 15.6. The molecule has 2 N–H and O–H groups in total. The molecule has 0 fully saturated rings. The Morgan fingerprint density at radius 3 is 2.31 bits per heavy atom. The number of nitrogens with zero attached hydrogens (tertiary/aromatic N) is 1. The number of hydrogen-bond acceptors (Lipinski definition) is 4. The Hall–Kier alpha value is -2.58. The molecule has 8 heteroatoms. The van der Waals surface area contributed by atoms with Crippen LogP contribution in [0.15, 0.2) is 54.2 Å². The molecular formula is C31H44BrN3O3S. The van der Waals surface area contributed by atoms with Crippen molar-refractivity contribution < 1.29 is 35.8 Å². The largest absolute Gasteiger partial charge is 1.00 e. The summed E-state index contributed by atoms with van der Waals surface area (Å²) in [6, 6.07) is 13.1. The smallest absolute Gasteiger partial charge is 0.323 e. The molecule has 39 heavy (non-hydrogen) atoms. The second kappa shape index (κ2) is 18.7. The van der Waals surface area contributed by atoms with E-state index in [1.807, 2.05) is 36.4 Å². The van der Waals surface area contributed by atoms with Gasteiger partial charge in [-0.1, -0.05) is 88.2 Å². The molecule has 1 heterocycles. The summed E-state index contributed by atoms with van der Waals surface area (Å²) < 4.78 is 13.6. The van der Waals surface area contributed by atoms with Crippen LogP contribution in [0.3, 0.4) is 0 Å². The van der Waals surface area contributed by atoms with E-state index in [2.05, 4.69) is 46.8 Å². The molecule has 0 unspecified atom stereocenters. The average molecular weight is 619 g/mol. The van der Waals surface area contributed by atoms with E-state index in [4.69, 9.17) is 9.47 Å². The van der Waals surface area contributed by atoms with Crippen molar-refractivity contribution in [3.8, 4) is 11.5 Å². The van der Waals surface area contributed by atoms with Crippen molar-refractivity contribution in [2.75, 3.05) is 24.4 Å². The van der Waals surface area contributed by atoms with Crippen molar-refractivity contribution in [2.45, 2.75) is 84.6 Å². The zero-order valence-corrected chi connectivity index (χ0v) is 26.0. The fraction of sp³-hybridized carbons (Fsp3) is 0.484. The average Bonchev–Trinajstić information content (AvgIpc) is 3.32. The molecule has 6 nitrogen and oxygen atoms in total. The quantitative estimate of drug-likeness (QED) is 0.159. The van der Waals surface area contributed by atoms with Gasteiger partial charge in [0.05, 0.1) is 24.3 Å². The van der Waals surface area contributed by atoms with Gasteiger partial charge in [-0.15, -0.1) is 0 Å². The highest BCUT2D eigenvalue weighted by atomic mass is 79.9. The summed E-state index contributed by atoms with van der Waals surface area (Å²) >= 11 is 1.72. The number of nitrogens with one attached hydrogen (secondary N) is 2. The van der Waals surface area contributed by atoms with E-state index in [1.54, 1.807) is 18.4 Å². The van der Waals surface area contributed by atoms with Gasteiger partial charge in [-0.05, 0) is 37.6 Å². The van der Waals surface area contributed by atoms with Crippen LogP contribution in [-0.4, -0.2) is 19.7 Å². The van der Waals surface area contributed by atoms with Crippen LogP contribution in [0.5, 0.6) is 11.5 Å². The Labute approximate surface area is 248 Å². The second-order valence-corrected chi connectivity index (χ2v) is 10.9. The summed E-state index contributed by atoms with van der Waals surface area (Å²) in [6.07, 6.45) is 14.9. The normalized spacial score (nSPS) is 10.5. The number of anilines is 2. The van der Waals surface area contributed by atoms with Crippen LogP contribution in [0.2, 0.25) is 0 Å². The Bertz CT molecular complexity index is 1120. The number of hydrogen-bond donors (Lipinski definition) is 2. The number of aromatic nitrogens is 1. The van der Waals surface area contributed by atoms with Gasteiger partial charge in [0, 0.05) is 17.3 Å². The molecule has 1 aromatic heterocycles. The molecule has 2 aromatic carbocycles. The number of carbonyl (C=O) groups is 1. The number of amides is 2. The predicted octanol–water partition coefficient (Wildman–Crippen LogP) is 5.35. The van der Waals surface area contributed by atoms with Gasteiger partial charge in [0.1, 0.15) is 11.5 Å². The van der Waals surface area contributed by atoms with Crippen molar-refractivity contribution in [2.24, 2.45) is 0 Å². The topological polar surface area (TPSA) is 63.5 Å². The van der Waals surface area contributed by atoms with Crippen LogP contribution in [0.25, 0.3) is 0 Å². The third-order valence-corrected chi connectivity index (χ3v) is 7.32. The van der Waals surface area contributed by atoms with Crippen LogP contribution >= 0.6 is 11.3 Å². The minimum absolute atomic E-state index is 0. The highest BCUT2D eigenvalue weighted by molar-refractivity contribution is 7.09. The van der Waals surface area contributed by atoms with Crippen molar-refractivity contribution >= 4 is 28.7 Å². The highest BCUT2D eigenvalue weighted by Gasteiger charge is 2.11. The molecule has 0 saturated carbocycles. The maximum Gasteiger partial charge on any atom is 0.323 e. The molecule has 0 aliphatic carbocycles. The van der Waals surface area contributed by atoms with Gasteiger partial charge >= 0.3 is 6.03 Å². The molecule has 3 rings (SSSR count). The summed E-state index contributed by atoms with van der Waals surface area (Å²) in [5, 5.41) is 5.88. The number of halogens is 1. The standard InChI is InChI=1S/C31H43N3O3S.BrH/c1-4-5-6-7-8-9-10-11-12-13-19-37-30-21-28(36-3)17-18-29(30)33-31(35)32-27-16-14-15-26(20-27)23-34-22-25(2)38-24-34;/h14-18,20-22,24H,4-13,19,23H2,1-3H3,(H-,32,33,35);1H. The number of benzene rings is 2. The predicted molar refractivity (Wildman–Crippen MR) is 158 cm³/mol. The van der Waals surface area contributed by atoms with Gasteiger partial charge < -0.3 is 37.1 Å². The minimum Gasteiger partial charge on any atom is -1.00 e. The fourth-order valence-corrected chi connectivity index (χ4v) is 5.03. The van der Waals surface area contributed by atoms with E-state index in [-0.39, 0.29) is 23.0 Å². The second-order valence-electron chi connectivity index (χ2n) is 9.81. The number of unbranched alkanes of at least 4 members (excludes halogenated alkanes) is 9. The summed E-state index contributed by atoms with van der Waals surface area (Å²) in [7, 11) is 1.63. The van der Waals surface area contributed by atoms with Crippen molar-refractivity contribution in [3.63, 3.8) is 0 Å². The molecule has 0 atom stereocenters. The van der Waals surface area contributed by atoms with Crippen molar-refractivity contribution in [1.29, 1.82) is 0 Å². The molecule has 0 bridgehead atoms. The van der Waals surface area contributed by atoms with Crippen LogP contribution < -0.4 is 41.7 Å². The lowest BCUT2D eigenvalue weighted by Crippen LogP contribution is -3.00. The highest BCUT2D eigenvalue weighted by Crippen LogP contribution is 2.30. The first-order chi connectivity index (χ1) is 18.6. The van der Waals surface area contributed by atoms with E-state index in [0.717, 1.165) is 30.6 Å². The van der Waals surface area contributed by atoms with E-state index < -0.39 is 0 Å². The summed E-state index contributed by atoms with van der Waals surface area (Å²) in [5.41, 5.74) is 4.59. The fourth-order valence-electron chi connectivity index (χ4n) is 4.39. The first kappa shape index (κ1) is 32.6. The monoisotopic (exact) mass is 617 g/mol. The zero-order valence-electron chi connectivity index (χ0n) is 23.6. The van der Waals surface area contributed by atoms with Gasteiger partial charge in [-0.25, -0.2) is 4.79 Å². The van der Waals surface area contributed by atoms with E-state index >= 15 is 0 Å². The Balaban J connectivity index is 0.00000533. The number of ether oxygens (including phenoxy) is 2. The lowest BCUT2D eigenvalue weighted by atomic mass is 10.1. The maximum absolute atomic E-state index is 12.8. The number of methoxy groups -OCH3 is 1. The number of carbonyl (C=O) groups excluding carboxylic acids is 1. The van der Waals surface area contributed by atoms with Crippen molar-refractivity contribution in [1.82, 2.24) is 0 Å². The number of rotatable bonds is 17. The van der Waals surface area contributed by atoms with Gasteiger partial charge in [0.15, 0.2) is 12.7 Å². The molecule has 0 saturated heterocycles. The van der Waals surface area contributed by atoms with Gasteiger partial charge in [0.25, 0.3) is 0 Å². The van der Waals surface area contributed by atoms with Crippen LogP contribution in [-0.2, 0) is 6.54 Å². The summed E-state index contributed by atoms with van der Waals surface area (Å²) in [6.45, 7) is 5.73.